The van der Waals surface area contributed by atoms with E-state index in [9.17, 15) is 9.59 Å². The Labute approximate surface area is 171 Å². The van der Waals surface area contributed by atoms with Gasteiger partial charge in [0.15, 0.2) is 11.5 Å². The Hall–Kier alpha value is -2.84. The molecule has 1 fully saturated rings. The summed E-state index contributed by atoms with van der Waals surface area (Å²) in [4.78, 5) is 26.6. The van der Waals surface area contributed by atoms with Gasteiger partial charge < -0.3 is 13.9 Å². The molecular weight excluding hydrogens is 398 g/mol. The van der Waals surface area contributed by atoms with Crippen LogP contribution >= 0.6 is 24.0 Å². The molecule has 1 aromatic heterocycles. The average molecular weight is 415 g/mol. The summed E-state index contributed by atoms with van der Waals surface area (Å²) in [6.45, 7) is 6.22. The molecule has 8 heteroatoms. The maximum Gasteiger partial charge on any atom is 0.379 e. The number of hydrogen-bond donors (Lipinski definition) is 0. The molecule has 3 rings (SSSR count). The van der Waals surface area contributed by atoms with E-state index < -0.39 is 5.97 Å². The standard InChI is InChI=1S/C20H17NO5S2/c1-3-9-21-18(22)17(28-20(21)27)12-13-7-8-14(16(11-13)24-4-2)26-19(23)15-6-5-10-25-15/h3,5-8,10-12H,1,4,9H2,2H3/b17-12+. The number of carbonyl (C=O) groups excluding carboxylic acids is 2. The molecular formula is C20H17NO5S2. The van der Waals surface area contributed by atoms with Gasteiger partial charge in [0, 0.05) is 6.54 Å². The highest BCUT2D eigenvalue weighted by Gasteiger charge is 2.31. The van der Waals surface area contributed by atoms with Crippen LogP contribution in [-0.2, 0) is 4.79 Å². The summed E-state index contributed by atoms with van der Waals surface area (Å²) >= 11 is 6.47. The molecule has 0 N–H and O–H groups in total. The summed E-state index contributed by atoms with van der Waals surface area (Å²) in [5, 5.41) is 0. The SMILES string of the molecule is C=CCN1C(=O)/C(=C\c2ccc(OC(=O)c3ccco3)c(OCC)c2)SC1=S. The Kier molecular flexibility index (Phi) is 6.33. The Bertz CT molecular complexity index is 950. The van der Waals surface area contributed by atoms with Gasteiger partial charge in [0.2, 0.25) is 5.76 Å². The number of hydrogen-bond acceptors (Lipinski definition) is 7. The summed E-state index contributed by atoms with van der Waals surface area (Å²) in [7, 11) is 0. The van der Waals surface area contributed by atoms with E-state index in [1.165, 1.54) is 29.0 Å². The monoisotopic (exact) mass is 415 g/mol. The van der Waals surface area contributed by atoms with E-state index >= 15 is 0 Å². The number of furan rings is 1. The highest BCUT2D eigenvalue weighted by atomic mass is 32.2. The van der Waals surface area contributed by atoms with Crippen LogP contribution in [0.15, 0.2) is 58.6 Å². The van der Waals surface area contributed by atoms with Crippen molar-refractivity contribution in [3.8, 4) is 11.5 Å². The number of esters is 1. The quantitative estimate of drug-likeness (QED) is 0.220. The largest absolute Gasteiger partial charge is 0.490 e. The molecule has 0 aliphatic carbocycles. The fraction of sp³-hybridized carbons (Fsp3) is 0.150. The second-order valence-corrected chi connectivity index (χ2v) is 7.26. The van der Waals surface area contributed by atoms with Crippen LogP contribution in [0.1, 0.15) is 23.0 Å². The van der Waals surface area contributed by atoms with Crippen LogP contribution in [0.3, 0.4) is 0 Å². The normalized spacial score (nSPS) is 15.2. The molecule has 1 amide bonds. The molecule has 1 aliphatic rings. The number of nitrogens with zero attached hydrogens (tertiary/aromatic N) is 1. The fourth-order valence-corrected chi connectivity index (χ4v) is 3.72. The molecule has 28 heavy (non-hydrogen) atoms. The maximum absolute atomic E-state index is 12.5. The molecule has 1 saturated heterocycles. The first-order valence-electron chi connectivity index (χ1n) is 8.42. The number of carbonyl (C=O) groups is 2. The number of benzene rings is 1. The molecule has 2 aromatic rings. The van der Waals surface area contributed by atoms with Gasteiger partial charge in [-0.2, -0.15) is 0 Å². The molecule has 0 unspecified atom stereocenters. The number of thioether (sulfide) groups is 1. The van der Waals surface area contributed by atoms with Crippen LogP contribution in [-0.4, -0.2) is 34.2 Å². The first-order valence-corrected chi connectivity index (χ1v) is 9.64. The maximum atomic E-state index is 12.5. The van der Waals surface area contributed by atoms with E-state index in [2.05, 4.69) is 6.58 Å². The lowest BCUT2D eigenvalue weighted by Gasteiger charge is -2.11. The summed E-state index contributed by atoms with van der Waals surface area (Å²) < 4.78 is 16.5. The summed E-state index contributed by atoms with van der Waals surface area (Å²) in [5.74, 6) is -0.0417. The van der Waals surface area contributed by atoms with Crippen molar-refractivity contribution in [2.75, 3.05) is 13.2 Å². The van der Waals surface area contributed by atoms with Crippen LogP contribution in [0.25, 0.3) is 6.08 Å². The van der Waals surface area contributed by atoms with E-state index in [4.69, 9.17) is 26.1 Å². The van der Waals surface area contributed by atoms with Gasteiger partial charge in [0.05, 0.1) is 17.8 Å². The molecule has 0 atom stereocenters. The molecule has 6 nitrogen and oxygen atoms in total. The van der Waals surface area contributed by atoms with Crippen LogP contribution in [0.2, 0.25) is 0 Å². The van der Waals surface area contributed by atoms with Crippen molar-refractivity contribution in [2.45, 2.75) is 6.92 Å². The molecule has 2 heterocycles. The minimum Gasteiger partial charge on any atom is -0.490 e. The van der Waals surface area contributed by atoms with Crippen molar-refractivity contribution in [1.82, 2.24) is 4.90 Å². The van der Waals surface area contributed by atoms with Crippen molar-refractivity contribution >= 4 is 46.3 Å². The van der Waals surface area contributed by atoms with E-state index in [0.29, 0.717) is 28.1 Å². The van der Waals surface area contributed by atoms with E-state index in [1.807, 2.05) is 6.92 Å². The third-order valence-electron chi connectivity index (χ3n) is 3.68. The van der Waals surface area contributed by atoms with Crippen LogP contribution in [0.4, 0.5) is 0 Å². The molecule has 1 aliphatic heterocycles. The van der Waals surface area contributed by atoms with E-state index in [-0.39, 0.29) is 17.4 Å². The lowest BCUT2D eigenvalue weighted by molar-refractivity contribution is -0.121. The van der Waals surface area contributed by atoms with Crippen molar-refractivity contribution in [2.24, 2.45) is 0 Å². The van der Waals surface area contributed by atoms with E-state index in [1.54, 1.807) is 36.4 Å². The Morgan fingerprint density at radius 1 is 1.36 bits per heavy atom. The molecule has 1 aromatic carbocycles. The summed E-state index contributed by atoms with van der Waals surface area (Å²) in [6.07, 6.45) is 4.75. The number of rotatable bonds is 7. The first kappa shape index (κ1) is 19.9. The predicted octanol–water partition coefficient (Wildman–Crippen LogP) is 4.28. The number of thiocarbonyl (C=S) groups is 1. The second kappa shape index (κ2) is 8.90. The van der Waals surface area contributed by atoms with Crippen LogP contribution in [0.5, 0.6) is 11.5 Å². The van der Waals surface area contributed by atoms with Gasteiger partial charge in [-0.1, -0.05) is 36.1 Å². The molecule has 0 saturated carbocycles. The molecule has 0 bridgehead atoms. The molecule has 0 spiro atoms. The average Bonchev–Trinajstić information content (AvgIpc) is 3.29. The van der Waals surface area contributed by atoms with Gasteiger partial charge in [0.25, 0.3) is 5.91 Å². The third kappa shape index (κ3) is 4.35. The number of amides is 1. The lowest BCUT2D eigenvalue weighted by Crippen LogP contribution is -2.27. The van der Waals surface area contributed by atoms with Gasteiger partial charge in [-0.05, 0) is 42.8 Å². The van der Waals surface area contributed by atoms with Gasteiger partial charge >= 0.3 is 5.97 Å². The van der Waals surface area contributed by atoms with Crippen LogP contribution in [0, 0.1) is 0 Å². The van der Waals surface area contributed by atoms with Gasteiger partial charge in [-0.3, -0.25) is 9.69 Å². The minimum absolute atomic E-state index is 0.0948. The molecule has 0 radical (unpaired) electrons. The van der Waals surface area contributed by atoms with Gasteiger partial charge in [-0.25, -0.2) is 4.79 Å². The first-order chi connectivity index (χ1) is 13.5. The Morgan fingerprint density at radius 3 is 2.86 bits per heavy atom. The van der Waals surface area contributed by atoms with Gasteiger partial charge in [0.1, 0.15) is 4.32 Å². The zero-order valence-electron chi connectivity index (χ0n) is 15.0. The van der Waals surface area contributed by atoms with Crippen molar-refractivity contribution in [1.29, 1.82) is 0 Å². The smallest absolute Gasteiger partial charge is 0.379 e. The molecule has 144 valence electrons. The van der Waals surface area contributed by atoms with Crippen molar-refractivity contribution in [3.63, 3.8) is 0 Å². The fourth-order valence-electron chi connectivity index (χ4n) is 2.45. The highest BCUT2D eigenvalue weighted by Crippen LogP contribution is 2.35. The summed E-state index contributed by atoms with van der Waals surface area (Å²) in [5.41, 5.74) is 0.723. The highest BCUT2D eigenvalue weighted by molar-refractivity contribution is 8.26. The van der Waals surface area contributed by atoms with Gasteiger partial charge in [-0.15, -0.1) is 6.58 Å². The predicted molar refractivity (Wildman–Crippen MR) is 111 cm³/mol. The Morgan fingerprint density at radius 2 is 2.18 bits per heavy atom. The van der Waals surface area contributed by atoms with Crippen molar-refractivity contribution in [3.05, 3.63) is 65.5 Å². The third-order valence-corrected chi connectivity index (χ3v) is 5.05. The minimum atomic E-state index is -0.621. The van der Waals surface area contributed by atoms with Crippen LogP contribution < -0.4 is 9.47 Å². The van der Waals surface area contributed by atoms with E-state index in [0.717, 1.165) is 5.56 Å². The topological polar surface area (TPSA) is 69.0 Å². The van der Waals surface area contributed by atoms with Crippen molar-refractivity contribution < 1.29 is 23.5 Å². The zero-order valence-corrected chi connectivity index (χ0v) is 16.7. The summed E-state index contributed by atoms with van der Waals surface area (Å²) in [6, 6.07) is 8.16. The number of ether oxygens (including phenoxy) is 2. The zero-order chi connectivity index (χ0) is 20.1. The second-order valence-electron chi connectivity index (χ2n) is 5.59. The Balaban J connectivity index is 1.84. The lowest BCUT2D eigenvalue weighted by atomic mass is 10.2.